The summed E-state index contributed by atoms with van der Waals surface area (Å²) in [6.45, 7) is 5.25. The molecule has 27 heavy (non-hydrogen) atoms. The zero-order chi connectivity index (χ0) is 19.0. The number of fused-ring (bicyclic) bond motifs is 1. The van der Waals surface area contributed by atoms with E-state index in [1.807, 2.05) is 19.1 Å². The Morgan fingerprint density at radius 2 is 1.85 bits per heavy atom. The minimum Gasteiger partial charge on any atom is -0.486 e. The number of likely N-dealkylation sites (tertiary alicyclic amines) is 1. The molecule has 1 aromatic carbocycles. The molecule has 1 saturated heterocycles. The van der Waals surface area contributed by atoms with E-state index < -0.39 is 0 Å². The number of nitrogens with zero attached hydrogens (tertiary/aromatic N) is 1. The van der Waals surface area contributed by atoms with Gasteiger partial charge >= 0.3 is 0 Å². The van der Waals surface area contributed by atoms with Crippen molar-refractivity contribution in [2.24, 2.45) is 0 Å². The normalized spacial score (nSPS) is 21.2. The second kappa shape index (κ2) is 6.98. The predicted molar refractivity (Wildman–Crippen MR) is 97.1 cm³/mol. The maximum atomic E-state index is 13.0. The van der Waals surface area contributed by atoms with E-state index in [9.17, 15) is 9.59 Å². The first-order valence-corrected chi connectivity index (χ1v) is 9.03. The molecule has 2 aliphatic heterocycles. The van der Waals surface area contributed by atoms with Crippen LogP contribution in [-0.2, 0) is 4.79 Å². The Morgan fingerprint density at radius 3 is 2.56 bits per heavy atom. The van der Waals surface area contributed by atoms with Gasteiger partial charge in [0.25, 0.3) is 5.91 Å². The van der Waals surface area contributed by atoms with Crippen molar-refractivity contribution in [2.45, 2.75) is 25.8 Å². The number of carbonyl (C=O) groups excluding carboxylic acids is 2. The summed E-state index contributed by atoms with van der Waals surface area (Å²) in [5.74, 6) is 2.52. The van der Waals surface area contributed by atoms with Crippen molar-refractivity contribution in [3.63, 3.8) is 0 Å². The van der Waals surface area contributed by atoms with Crippen molar-refractivity contribution in [1.82, 2.24) is 10.2 Å². The minimum absolute atomic E-state index is 0.0799. The van der Waals surface area contributed by atoms with E-state index in [0.29, 0.717) is 43.4 Å². The van der Waals surface area contributed by atoms with E-state index >= 15 is 0 Å². The van der Waals surface area contributed by atoms with Gasteiger partial charge in [0.15, 0.2) is 11.5 Å². The average Bonchev–Trinajstić information content (AvgIpc) is 3.26. The van der Waals surface area contributed by atoms with Crippen molar-refractivity contribution in [3.05, 3.63) is 47.4 Å². The Hall–Kier alpha value is -2.96. The summed E-state index contributed by atoms with van der Waals surface area (Å²) in [7, 11) is 0. The summed E-state index contributed by atoms with van der Waals surface area (Å²) in [6, 6.07) is 8.84. The molecule has 4 rings (SSSR count). The third kappa shape index (κ3) is 3.49. The number of rotatable bonds is 3. The van der Waals surface area contributed by atoms with Gasteiger partial charge in [0.1, 0.15) is 24.7 Å². The van der Waals surface area contributed by atoms with E-state index in [2.05, 4.69) is 5.32 Å². The fourth-order valence-corrected chi connectivity index (χ4v) is 3.68. The highest BCUT2D eigenvalue weighted by molar-refractivity contribution is 5.95. The number of furan rings is 1. The molecular formula is C20H22N2O5. The molecule has 2 atom stereocenters. The van der Waals surface area contributed by atoms with Crippen LogP contribution in [0.5, 0.6) is 11.5 Å². The van der Waals surface area contributed by atoms with Gasteiger partial charge in [0.05, 0.1) is 12.0 Å². The molecule has 1 aromatic heterocycles. The summed E-state index contributed by atoms with van der Waals surface area (Å²) in [5, 5.41) is 2.95. The molecule has 0 unspecified atom stereocenters. The van der Waals surface area contributed by atoms with Gasteiger partial charge in [-0.1, -0.05) is 0 Å². The first-order valence-electron chi connectivity index (χ1n) is 9.03. The van der Waals surface area contributed by atoms with E-state index in [1.54, 1.807) is 23.1 Å². The van der Waals surface area contributed by atoms with Gasteiger partial charge in [0, 0.05) is 25.6 Å². The number of carbonyl (C=O) groups is 2. The molecular weight excluding hydrogens is 348 g/mol. The van der Waals surface area contributed by atoms with Gasteiger partial charge in [-0.25, -0.2) is 0 Å². The van der Waals surface area contributed by atoms with Crippen molar-refractivity contribution < 1.29 is 23.5 Å². The number of amides is 2. The summed E-state index contributed by atoms with van der Waals surface area (Å²) in [6.07, 6.45) is 0. The Balaban J connectivity index is 1.56. The third-order valence-corrected chi connectivity index (χ3v) is 4.91. The molecule has 7 nitrogen and oxygen atoms in total. The topological polar surface area (TPSA) is 81.0 Å². The number of hydrogen-bond acceptors (Lipinski definition) is 5. The zero-order valence-electron chi connectivity index (χ0n) is 15.4. The van der Waals surface area contributed by atoms with Crippen molar-refractivity contribution >= 4 is 11.8 Å². The molecule has 2 aliphatic rings. The van der Waals surface area contributed by atoms with Gasteiger partial charge in [-0.3, -0.25) is 9.59 Å². The van der Waals surface area contributed by atoms with Gasteiger partial charge in [-0.2, -0.15) is 0 Å². The fourth-order valence-electron chi connectivity index (χ4n) is 3.68. The molecule has 142 valence electrons. The molecule has 2 amide bonds. The Kier molecular flexibility index (Phi) is 4.51. The Labute approximate surface area is 157 Å². The molecule has 0 spiro atoms. The zero-order valence-corrected chi connectivity index (χ0v) is 15.4. The Bertz CT molecular complexity index is 875. The first-order chi connectivity index (χ1) is 13.0. The van der Waals surface area contributed by atoms with E-state index in [1.165, 1.54) is 6.92 Å². The standard InChI is InChI=1S/C20H22N2O5/c1-12-3-5-17(27-12)15-10-22(11-16(15)21-13(2)23)20(24)14-4-6-18-19(9-14)26-8-7-25-18/h3-6,9,15-16H,7-8,10-11H2,1-2H3,(H,21,23)/t15-,16-/m1/s1. The van der Waals surface area contributed by atoms with Crippen LogP contribution in [0.1, 0.15) is 34.7 Å². The van der Waals surface area contributed by atoms with E-state index in [-0.39, 0.29) is 23.8 Å². The monoisotopic (exact) mass is 370 g/mol. The summed E-state index contributed by atoms with van der Waals surface area (Å²) < 4.78 is 16.8. The molecule has 0 aliphatic carbocycles. The Morgan fingerprint density at radius 1 is 1.07 bits per heavy atom. The van der Waals surface area contributed by atoms with Crippen molar-refractivity contribution in [3.8, 4) is 11.5 Å². The third-order valence-electron chi connectivity index (χ3n) is 4.91. The molecule has 0 saturated carbocycles. The lowest BCUT2D eigenvalue weighted by atomic mass is 10.0. The maximum Gasteiger partial charge on any atom is 0.254 e. The molecule has 0 bridgehead atoms. The highest BCUT2D eigenvalue weighted by Crippen LogP contribution is 2.33. The van der Waals surface area contributed by atoms with Crippen LogP contribution in [0.15, 0.2) is 34.7 Å². The van der Waals surface area contributed by atoms with Crippen LogP contribution in [0.2, 0.25) is 0 Å². The summed E-state index contributed by atoms with van der Waals surface area (Å²) in [5.41, 5.74) is 0.539. The lowest BCUT2D eigenvalue weighted by Gasteiger charge is -2.20. The van der Waals surface area contributed by atoms with Gasteiger partial charge < -0.3 is 24.1 Å². The van der Waals surface area contributed by atoms with Crippen LogP contribution >= 0.6 is 0 Å². The molecule has 1 N–H and O–H groups in total. The van der Waals surface area contributed by atoms with Crippen LogP contribution < -0.4 is 14.8 Å². The lowest BCUT2D eigenvalue weighted by molar-refractivity contribution is -0.119. The quantitative estimate of drug-likeness (QED) is 0.895. The summed E-state index contributed by atoms with van der Waals surface area (Å²) >= 11 is 0. The molecule has 2 aromatic rings. The van der Waals surface area contributed by atoms with E-state index in [4.69, 9.17) is 13.9 Å². The van der Waals surface area contributed by atoms with Crippen molar-refractivity contribution in [2.75, 3.05) is 26.3 Å². The van der Waals surface area contributed by atoms with Crippen LogP contribution in [0, 0.1) is 6.92 Å². The lowest BCUT2D eigenvalue weighted by Crippen LogP contribution is -2.39. The molecule has 7 heteroatoms. The second-order valence-electron chi connectivity index (χ2n) is 6.93. The number of benzene rings is 1. The molecule has 1 fully saturated rings. The van der Waals surface area contributed by atoms with Gasteiger partial charge in [0.2, 0.25) is 5.91 Å². The molecule has 0 radical (unpaired) electrons. The SMILES string of the molecule is CC(=O)N[C@@H]1CN(C(=O)c2ccc3c(c2)OCCO3)C[C@H]1c1ccc(C)o1. The fraction of sp³-hybridized carbons (Fsp3) is 0.400. The average molecular weight is 370 g/mol. The van der Waals surface area contributed by atoms with Crippen LogP contribution in [0.3, 0.4) is 0 Å². The highest BCUT2D eigenvalue weighted by atomic mass is 16.6. The van der Waals surface area contributed by atoms with E-state index in [0.717, 1.165) is 11.5 Å². The number of aryl methyl sites for hydroxylation is 1. The first kappa shape index (κ1) is 17.5. The predicted octanol–water partition coefficient (Wildman–Crippen LogP) is 2.10. The number of hydrogen-bond donors (Lipinski definition) is 1. The number of ether oxygens (including phenoxy) is 2. The van der Waals surface area contributed by atoms with Gasteiger partial charge in [-0.15, -0.1) is 0 Å². The summed E-state index contributed by atoms with van der Waals surface area (Å²) in [4.78, 5) is 26.4. The molecule has 3 heterocycles. The van der Waals surface area contributed by atoms with Crippen molar-refractivity contribution in [1.29, 1.82) is 0 Å². The number of nitrogens with one attached hydrogen (secondary N) is 1. The van der Waals surface area contributed by atoms with Crippen LogP contribution in [0.4, 0.5) is 0 Å². The van der Waals surface area contributed by atoms with Crippen LogP contribution in [0.25, 0.3) is 0 Å². The van der Waals surface area contributed by atoms with Crippen LogP contribution in [-0.4, -0.2) is 49.1 Å². The highest BCUT2D eigenvalue weighted by Gasteiger charge is 2.38. The largest absolute Gasteiger partial charge is 0.486 e. The van der Waals surface area contributed by atoms with Gasteiger partial charge in [-0.05, 0) is 37.3 Å². The minimum atomic E-state index is -0.186. The second-order valence-corrected chi connectivity index (χ2v) is 6.93. The smallest absolute Gasteiger partial charge is 0.254 e. The maximum absolute atomic E-state index is 13.0.